The van der Waals surface area contributed by atoms with Crippen molar-refractivity contribution in [3.05, 3.63) is 75.1 Å². The summed E-state index contributed by atoms with van der Waals surface area (Å²) in [5.74, 6) is -1.03. The molecule has 1 aromatic carbocycles. The molecule has 1 amide bonds. The van der Waals surface area contributed by atoms with Crippen LogP contribution in [0.25, 0.3) is 10.4 Å². The van der Waals surface area contributed by atoms with Crippen LogP contribution in [-0.4, -0.2) is 17.0 Å². The molecule has 0 aliphatic carbocycles. The summed E-state index contributed by atoms with van der Waals surface area (Å²) in [5.41, 5.74) is 3.11. The summed E-state index contributed by atoms with van der Waals surface area (Å²) in [6.45, 7) is 0. The third kappa shape index (κ3) is 3.96. The molecule has 0 saturated carbocycles. The van der Waals surface area contributed by atoms with Crippen molar-refractivity contribution in [2.75, 3.05) is 0 Å². The molecule has 0 bridgehead atoms. The molecule has 2 aromatic heterocycles. The lowest BCUT2D eigenvalue weighted by Gasteiger charge is -1.97. The molecular weight excluding hydrogens is 349 g/mol. The number of benzene rings is 1. The van der Waals surface area contributed by atoms with Gasteiger partial charge in [0.15, 0.2) is 5.76 Å². The summed E-state index contributed by atoms with van der Waals surface area (Å²) in [6.07, 6.45) is 1.17. The lowest BCUT2D eigenvalue weighted by molar-refractivity contribution is -0.402. The number of amides is 1. The molecule has 25 heavy (non-hydrogen) atoms. The molecular formula is C16H10FN3O4S. The maximum absolute atomic E-state index is 12.9. The van der Waals surface area contributed by atoms with Crippen LogP contribution >= 0.6 is 11.3 Å². The van der Waals surface area contributed by atoms with Crippen molar-refractivity contribution in [1.29, 1.82) is 0 Å². The normalized spacial score (nSPS) is 10.9. The van der Waals surface area contributed by atoms with E-state index in [9.17, 15) is 19.3 Å². The molecule has 3 rings (SSSR count). The van der Waals surface area contributed by atoms with Crippen molar-refractivity contribution >= 4 is 29.3 Å². The highest BCUT2D eigenvalue weighted by atomic mass is 32.1. The van der Waals surface area contributed by atoms with Gasteiger partial charge in [0.1, 0.15) is 10.7 Å². The highest BCUT2D eigenvalue weighted by Gasteiger charge is 2.11. The van der Waals surface area contributed by atoms with Gasteiger partial charge in [0.2, 0.25) is 0 Å². The molecule has 126 valence electrons. The van der Waals surface area contributed by atoms with Crippen molar-refractivity contribution < 1.29 is 18.5 Å². The van der Waals surface area contributed by atoms with Gasteiger partial charge < -0.3 is 4.42 Å². The fourth-order valence-corrected chi connectivity index (χ4v) is 2.85. The van der Waals surface area contributed by atoms with E-state index in [0.717, 1.165) is 10.4 Å². The number of carbonyl (C=O) groups excluding carboxylic acids is 1. The quantitative estimate of drug-likeness (QED) is 0.425. The molecule has 2 heterocycles. The zero-order valence-corrected chi connectivity index (χ0v) is 13.3. The fourth-order valence-electron chi connectivity index (χ4n) is 1.95. The number of hydrazone groups is 1. The van der Waals surface area contributed by atoms with Crippen molar-refractivity contribution in [1.82, 2.24) is 5.43 Å². The van der Waals surface area contributed by atoms with Crippen LogP contribution in [0.15, 0.2) is 58.0 Å². The van der Waals surface area contributed by atoms with E-state index in [1.807, 2.05) is 0 Å². The van der Waals surface area contributed by atoms with Crippen LogP contribution in [0.5, 0.6) is 0 Å². The first-order valence-corrected chi connectivity index (χ1v) is 7.78. The molecule has 0 atom stereocenters. The number of hydrogen-bond acceptors (Lipinski definition) is 6. The number of halogens is 1. The number of rotatable bonds is 5. The molecule has 1 N–H and O–H groups in total. The Morgan fingerprint density at radius 3 is 2.64 bits per heavy atom. The van der Waals surface area contributed by atoms with E-state index in [-0.39, 0.29) is 11.6 Å². The molecule has 0 radical (unpaired) electrons. The molecule has 7 nitrogen and oxygen atoms in total. The summed E-state index contributed by atoms with van der Waals surface area (Å²) < 4.78 is 17.8. The van der Waals surface area contributed by atoms with Crippen molar-refractivity contribution in [2.45, 2.75) is 0 Å². The van der Waals surface area contributed by atoms with Gasteiger partial charge in [-0.05, 0) is 35.9 Å². The van der Waals surface area contributed by atoms with Gasteiger partial charge in [0.05, 0.1) is 17.2 Å². The van der Waals surface area contributed by atoms with Crippen LogP contribution in [0.1, 0.15) is 15.4 Å². The molecule has 9 heteroatoms. The van der Waals surface area contributed by atoms with E-state index in [1.165, 1.54) is 41.8 Å². The van der Waals surface area contributed by atoms with E-state index in [2.05, 4.69) is 10.5 Å². The lowest BCUT2D eigenvalue weighted by atomic mass is 10.2. The van der Waals surface area contributed by atoms with Crippen LogP contribution in [0, 0.1) is 15.9 Å². The monoisotopic (exact) mass is 359 g/mol. The van der Waals surface area contributed by atoms with E-state index in [0.29, 0.717) is 4.88 Å². The third-order valence-corrected chi connectivity index (χ3v) is 4.24. The zero-order valence-electron chi connectivity index (χ0n) is 12.5. The molecule has 0 unspecified atom stereocenters. The molecule has 3 aromatic rings. The minimum atomic E-state index is -0.668. The van der Waals surface area contributed by atoms with Crippen LogP contribution in [0.4, 0.5) is 10.3 Å². The van der Waals surface area contributed by atoms with Gasteiger partial charge in [-0.1, -0.05) is 12.1 Å². The van der Waals surface area contributed by atoms with Gasteiger partial charge in [-0.3, -0.25) is 14.9 Å². The Balaban J connectivity index is 1.64. The van der Waals surface area contributed by atoms with Crippen molar-refractivity contribution in [3.8, 4) is 10.4 Å². The summed E-state index contributed by atoms with van der Waals surface area (Å²) >= 11 is 1.23. The van der Waals surface area contributed by atoms with Gasteiger partial charge >= 0.3 is 5.88 Å². The Labute approximate surface area is 144 Å². The second-order valence-corrected chi connectivity index (χ2v) is 5.89. The zero-order chi connectivity index (χ0) is 17.8. The molecule has 0 aliphatic heterocycles. The highest BCUT2D eigenvalue weighted by Crippen LogP contribution is 2.28. The predicted octanol–water partition coefficient (Wildman–Crippen LogP) is 3.82. The third-order valence-electron chi connectivity index (χ3n) is 3.11. The van der Waals surface area contributed by atoms with Gasteiger partial charge in [0, 0.05) is 4.88 Å². The highest BCUT2D eigenvalue weighted by molar-refractivity contribution is 7.17. The summed E-state index contributed by atoms with van der Waals surface area (Å²) in [6, 6.07) is 11.9. The number of furan rings is 1. The standard InChI is InChI=1S/C16H10FN3O4S/c17-11-3-1-10(2-4-11)13-6-7-14(25-13)16(21)19-18-9-12-5-8-15(24-12)20(22)23/h1-9H,(H,19,21)/b18-9-. The number of hydrogen-bond donors (Lipinski definition) is 1. The average molecular weight is 359 g/mol. The Bertz CT molecular complexity index is 946. The number of nitro groups is 1. The number of carbonyl (C=O) groups is 1. The summed E-state index contributed by atoms with van der Waals surface area (Å²) in [5, 5.41) is 14.2. The maximum Gasteiger partial charge on any atom is 0.433 e. The van der Waals surface area contributed by atoms with E-state index >= 15 is 0 Å². The molecule has 0 spiro atoms. The average Bonchev–Trinajstić information content (AvgIpc) is 3.25. The SMILES string of the molecule is O=C(N/N=C\c1ccc([N+](=O)[O-])o1)c1ccc(-c2ccc(F)cc2)s1. The van der Waals surface area contributed by atoms with Gasteiger partial charge in [-0.2, -0.15) is 5.10 Å². The summed E-state index contributed by atoms with van der Waals surface area (Å²) in [7, 11) is 0. The van der Waals surface area contributed by atoms with E-state index in [4.69, 9.17) is 4.42 Å². The predicted molar refractivity (Wildman–Crippen MR) is 90.1 cm³/mol. The van der Waals surface area contributed by atoms with Gasteiger partial charge in [-0.15, -0.1) is 11.3 Å². The van der Waals surface area contributed by atoms with Gasteiger partial charge in [-0.25, -0.2) is 9.82 Å². The fraction of sp³-hybridized carbons (Fsp3) is 0. The Hall–Kier alpha value is -3.33. The number of nitrogens with zero attached hydrogens (tertiary/aromatic N) is 2. The second-order valence-electron chi connectivity index (χ2n) is 4.80. The van der Waals surface area contributed by atoms with Crippen LogP contribution in [0.3, 0.4) is 0 Å². The maximum atomic E-state index is 12.9. The smallest absolute Gasteiger partial charge is 0.400 e. The minimum Gasteiger partial charge on any atom is -0.400 e. The molecule has 0 aliphatic rings. The van der Waals surface area contributed by atoms with E-state index < -0.39 is 16.7 Å². The Kier molecular flexibility index (Phi) is 4.66. The largest absolute Gasteiger partial charge is 0.433 e. The molecule has 0 saturated heterocycles. The Morgan fingerprint density at radius 2 is 1.96 bits per heavy atom. The van der Waals surface area contributed by atoms with Crippen molar-refractivity contribution in [3.63, 3.8) is 0 Å². The number of thiophene rings is 1. The first-order chi connectivity index (χ1) is 12.0. The van der Waals surface area contributed by atoms with Crippen molar-refractivity contribution in [2.24, 2.45) is 5.10 Å². The number of nitrogens with one attached hydrogen (secondary N) is 1. The lowest BCUT2D eigenvalue weighted by Crippen LogP contribution is -2.15. The van der Waals surface area contributed by atoms with Crippen LogP contribution in [-0.2, 0) is 0 Å². The van der Waals surface area contributed by atoms with E-state index in [1.54, 1.807) is 24.3 Å². The first-order valence-electron chi connectivity index (χ1n) is 6.96. The Morgan fingerprint density at radius 1 is 1.20 bits per heavy atom. The summed E-state index contributed by atoms with van der Waals surface area (Å²) in [4.78, 5) is 23.1. The van der Waals surface area contributed by atoms with Crippen LogP contribution < -0.4 is 5.43 Å². The first kappa shape index (κ1) is 16.5. The molecule has 0 fully saturated rings. The van der Waals surface area contributed by atoms with Gasteiger partial charge in [0.25, 0.3) is 5.91 Å². The minimum absolute atomic E-state index is 0.144. The second kappa shape index (κ2) is 7.05. The topological polar surface area (TPSA) is 97.7 Å². The van der Waals surface area contributed by atoms with Crippen LogP contribution in [0.2, 0.25) is 0 Å².